The van der Waals surface area contributed by atoms with E-state index in [1.807, 2.05) is 6.08 Å². The highest BCUT2D eigenvalue weighted by Crippen LogP contribution is 2.18. The molecular weight excluding hydrogens is 1010 g/mol. The molecule has 0 N–H and O–H groups in total. The van der Waals surface area contributed by atoms with Crippen LogP contribution >= 0.6 is 0 Å². The Labute approximate surface area is 509 Å². The molecule has 0 aromatic carbocycles. The second kappa shape index (κ2) is 70.1. The summed E-state index contributed by atoms with van der Waals surface area (Å²) >= 11 is 0. The molecule has 0 saturated carbocycles. The Morgan fingerprint density at radius 2 is 0.512 bits per heavy atom. The van der Waals surface area contributed by atoms with Crippen LogP contribution in [0.3, 0.4) is 0 Å². The Balaban J connectivity index is 4.14. The van der Waals surface area contributed by atoms with Crippen molar-refractivity contribution in [3.05, 3.63) is 85.1 Å². The average Bonchev–Trinajstić information content (AvgIpc) is 3.47. The third-order valence-electron chi connectivity index (χ3n) is 15.6. The lowest BCUT2D eigenvalue weighted by Crippen LogP contribution is -2.30. The van der Waals surface area contributed by atoms with Crippen molar-refractivity contribution in [2.24, 2.45) is 0 Å². The first kappa shape index (κ1) is 78.6. The molecule has 0 rings (SSSR count). The van der Waals surface area contributed by atoms with Gasteiger partial charge in [0.25, 0.3) is 0 Å². The molecule has 0 fully saturated rings. The van der Waals surface area contributed by atoms with Gasteiger partial charge in [-0.2, -0.15) is 0 Å². The molecule has 0 aromatic heterocycles. The van der Waals surface area contributed by atoms with Crippen LogP contribution in [0.4, 0.5) is 0 Å². The molecule has 82 heavy (non-hydrogen) atoms. The van der Waals surface area contributed by atoms with Crippen LogP contribution in [-0.4, -0.2) is 37.2 Å². The van der Waals surface area contributed by atoms with Gasteiger partial charge in [0.05, 0.1) is 6.42 Å². The van der Waals surface area contributed by atoms with Crippen molar-refractivity contribution in [1.82, 2.24) is 0 Å². The molecule has 6 heteroatoms. The maximum atomic E-state index is 12.8. The lowest BCUT2D eigenvalue weighted by atomic mass is 10.0. The van der Waals surface area contributed by atoms with Crippen LogP contribution in [0.1, 0.15) is 361 Å². The smallest absolute Gasteiger partial charge is 0.310 e. The minimum Gasteiger partial charge on any atom is -0.462 e. The Kier molecular flexibility index (Phi) is 67.2. The number of hydrogen-bond donors (Lipinski definition) is 0. The highest BCUT2D eigenvalue weighted by atomic mass is 16.6. The highest BCUT2D eigenvalue weighted by Gasteiger charge is 2.19. The van der Waals surface area contributed by atoms with Crippen molar-refractivity contribution < 1.29 is 28.6 Å². The average molecular weight is 1140 g/mol. The third-order valence-corrected chi connectivity index (χ3v) is 15.6. The highest BCUT2D eigenvalue weighted by molar-refractivity contribution is 5.72. The zero-order valence-corrected chi connectivity index (χ0v) is 54.5. The van der Waals surface area contributed by atoms with Gasteiger partial charge in [-0.05, 0) is 96.3 Å². The molecule has 1 atom stereocenters. The van der Waals surface area contributed by atoms with Gasteiger partial charge in [0.15, 0.2) is 6.10 Å². The van der Waals surface area contributed by atoms with Crippen molar-refractivity contribution in [2.75, 3.05) is 13.2 Å². The number of unbranched alkanes of at least 4 members (excludes halogenated alkanes) is 41. The molecule has 0 radical (unpaired) electrons. The molecule has 0 aliphatic heterocycles. The number of ether oxygens (including phenoxy) is 3. The Hall–Kier alpha value is -3.41. The van der Waals surface area contributed by atoms with Crippen molar-refractivity contribution in [1.29, 1.82) is 0 Å². The molecule has 0 amide bonds. The normalized spacial score (nSPS) is 12.6. The number of allylic oxidation sites excluding steroid dienone is 13. The quantitative estimate of drug-likeness (QED) is 0.0261. The van der Waals surface area contributed by atoms with Gasteiger partial charge in [0.1, 0.15) is 13.2 Å². The second-order valence-corrected chi connectivity index (χ2v) is 23.8. The number of rotatable bonds is 65. The van der Waals surface area contributed by atoms with Crippen LogP contribution in [0, 0.1) is 0 Å². The van der Waals surface area contributed by atoms with Crippen LogP contribution < -0.4 is 0 Å². The number of hydrogen-bond acceptors (Lipinski definition) is 6. The summed E-state index contributed by atoms with van der Waals surface area (Å²) in [7, 11) is 0. The van der Waals surface area contributed by atoms with Gasteiger partial charge in [0, 0.05) is 12.8 Å². The minimum atomic E-state index is -0.834. The summed E-state index contributed by atoms with van der Waals surface area (Å²) in [6.07, 6.45) is 93.9. The van der Waals surface area contributed by atoms with E-state index in [9.17, 15) is 14.4 Å². The van der Waals surface area contributed by atoms with E-state index in [-0.39, 0.29) is 31.6 Å². The summed E-state index contributed by atoms with van der Waals surface area (Å²) < 4.78 is 16.8. The first-order valence-electron chi connectivity index (χ1n) is 35.6. The van der Waals surface area contributed by atoms with Gasteiger partial charge in [-0.25, -0.2) is 0 Å². The summed E-state index contributed by atoms with van der Waals surface area (Å²) in [6, 6.07) is 0. The van der Waals surface area contributed by atoms with Crippen molar-refractivity contribution in [3.8, 4) is 0 Å². The van der Waals surface area contributed by atoms with Gasteiger partial charge >= 0.3 is 17.9 Å². The van der Waals surface area contributed by atoms with Crippen LogP contribution in [0.5, 0.6) is 0 Å². The molecule has 0 aliphatic carbocycles. The summed E-state index contributed by atoms with van der Waals surface area (Å²) in [4.78, 5) is 38.2. The van der Waals surface area contributed by atoms with Crippen LogP contribution in [-0.2, 0) is 28.6 Å². The SMILES string of the molecule is CC/C=C\C/C=C\C/C=C\C/C=C\C/C=C\CC(=O)OC(COC(=O)CCCCCCC/C=C\CCCCCCC)COC(=O)CCCCCCCCCCCCCCCCCCCCCCCCC/C=C\CCCCCCCCCC. The predicted octanol–water partition coefficient (Wildman–Crippen LogP) is 24.6. The zero-order valence-electron chi connectivity index (χ0n) is 54.5. The number of carbonyl (C=O) groups is 3. The van der Waals surface area contributed by atoms with Gasteiger partial charge in [-0.15, -0.1) is 0 Å². The van der Waals surface area contributed by atoms with Gasteiger partial charge in [-0.1, -0.05) is 331 Å². The molecule has 0 aliphatic rings. The van der Waals surface area contributed by atoms with E-state index in [2.05, 4.69) is 93.7 Å². The molecule has 0 aromatic rings. The fourth-order valence-corrected chi connectivity index (χ4v) is 10.3. The Morgan fingerprint density at radius 3 is 0.793 bits per heavy atom. The third kappa shape index (κ3) is 67.4. The van der Waals surface area contributed by atoms with E-state index in [0.717, 1.165) is 83.5 Å². The fourth-order valence-electron chi connectivity index (χ4n) is 10.3. The fraction of sp³-hybridized carbons (Fsp3) is 0.776. The molecule has 1 unspecified atom stereocenters. The predicted molar refractivity (Wildman–Crippen MR) is 358 cm³/mol. The van der Waals surface area contributed by atoms with E-state index in [4.69, 9.17) is 14.2 Å². The van der Waals surface area contributed by atoms with E-state index in [0.29, 0.717) is 12.8 Å². The molecule has 0 spiro atoms. The van der Waals surface area contributed by atoms with Crippen molar-refractivity contribution >= 4 is 17.9 Å². The Morgan fingerprint density at radius 1 is 0.268 bits per heavy atom. The molecule has 0 heterocycles. The van der Waals surface area contributed by atoms with Crippen LogP contribution in [0.25, 0.3) is 0 Å². The number of carbonyl (C=O) groups excluding carboxylic acids is 3. The van der Waals surface area contributed by atoms with Crippen LogP contribution in [0.15, 0.2) is 85.1 Å². The lowest BCUT2D eigenvalue weighted by molar-refractivity contribution is -0.166. The Bertz CT molecular complexity index is 1550. The van der Waals surface area contributed by atoms with Gasteiger partial charge in [-0.3, -0.25) is 14.4 Å². The van der Waals surface area contributed by atoms with Gasteiger partial charge < -0.3 is 14.2 Å². The summed E-state index contributed by atoms with van der Waals surface area (Å²) in [6.45, 7) is 6.46. The molecular formula is C76H134O6. The summed E-state index contributed by atoms with van der Waals surface area (Å²) in [5, 5.41) is 0. The van der Waals surface area contributed by atoms with E-state index < -0.39 is 12.1 Å². The molecule has 474 valence electrons. The molecule has 0 bridgehead atoms. The molecule has 0 saturated heterocycles. The van der Waals surface area contributed by atoms with E-state index in [1.54, 1.807) is 6.08 Å². The monoisotopic (exact) mass is 1140 g/mol. The maximum Gasteiger partial charge on any atom is 0.310 e. The topological polar surface area (TPSA) is 78.9 Å². The second-order valence-electron chi connectivity index (χ2n) is 23.8. The summed E-state index contributed by atoms with van der Waals surface area (Å²) in [5.41, 5.74) is 0. The van der Waals surface area contributed by atoms with Gasteiger partial charge in [0.2, 0.25) is 0 Å². The summed E-state index contributed by atoms with van der Waals surface area (Å²) in [5.74, 6) is -1.04. The lowest BCUT2D eigenvalue weighted by Gasteiger charge is -2.18. The van der Waals surface area contributed by atoms with E-state index in [1.165, 1.54) is 238 Å². The van der Waals surface area contributed by atoms with E-state index >= 15 is 0 Å². The zero-order chi connectivity index (χ0) is 59.2. The first-order chi connectivity index (χ1) is 40.5. The van der Waals surface area contributed by atoms with Crippen LogP contribution in [0.2, 0.25) is 0 Å². The standard InChI is InChI=1S/C76H134O6/c1-4-7-10-13-16-19-22-25-28-29-30-31-32-33-34-35-36-37-38-39-40-41-42-43-44-45-46-47-49-51-54-57-60-63-66-69-75(78)81-72-73(71-80-74(77)68-65-62-59-56-53-50-27-24-21-18-15-12-9-6-3)82-76(79)70-67-64-61-58-55-52-48-26-23-20-17-14-11-8-5-2/h8,11,17,20,24,26-27,29-30,48,55,58,64,67,73H,4-7,9-10,12-16,18-19,21-23,25,28,31-47,49-54,56-57,59-63,65-66,68-72H2,1-3H3/b11-8-,20-17-,27-24-,30-29-,48-26-,58-55-,67-64-. The largest absolute Gasteiger partial charge is 0.462 e. The minimum absolute atomic E-state index is 0.0968. The number of esters is 3. The van der Waals surface area contributed by atoms with Crippen molar-refractivity contribution in [2.45, 2.75) is 367 Å². The first-order valence-corrected chi connectivity index (χ1v) is 35.6. The molecule has 6 nitrogen and oxygen atoms in total. The van der Waals surface area contributed by atoms with Crippen molar-refractivity contribution in [3.63, 3.8) is 0 Å². The maximum absolute atomic E-state index is 12.8.